The van der Waals surface area contributed by atoms with E-state index in [1.807, 2.05) is 34.5 Å². The lowest BCUT2D eigenvalue weighted by Gasteiger charge is -2.58. The highest BCUT2D eigenvalue weighted by Crippen LogP contribution is 2.67. The molecule has 38 heavy (non-hydrogen) atoms. The van der Waals surface area contributed by atoms with E-state index in [0.717, 1.165) is 47.7 Å². The highest BCUT2D eigenvalue weighted by atomic mass is 16.5. The first-order valence-electron chi connectivity index (χ1n) is 15.9. The molecule has 7 unspecified atom stereocenters. The molecule has 0 amide bonds. The number of rotatable bonds is 7. The second-order valence-electron chi connectivity index (χ2n) is 13.4. The Bertz CT molecular complexity index is 750. The van der Waals surface area contributed by atoms with Crippen molar-refractivity contribution in [3.05, 3.63) is 36.6 Å². The molecule has 4 aliphatic rings. The first-order valence-corrected chi connectivity index (χ1v) is 15.9. The van der Waals surface area contributed by atoms with Crippen LogP contribution < -0.4 is 0 Å². The third kappa shape index (κ3) is 7.88. The molecule has 0 bridgehead atoms. The van der Waals surface area contributed by atoms with Crippen LogP contribution in [-0.2, 0) is 9.53 Å². The lowest BCUT2D eigenvalue weighted by atomic mass is 9.47. The van der Waals surface area contributed by atoms with Crippen molar-refractivity contribution in [1.29, 1.82) is 0 Å². The fourth-order valence-corrected chi connectivity index (χ4v) is 9.04. The summed E-state index contributed by atoms with van der Waals surface area (Å²) in [5.41, 5.74) is 2.76. The molecule has 0 aromatic carbocycles. The number of fused-ring (bicyclic) bond motifs is 5. The Balaban J connectivity index is 0.000000944. The summed E-state index contributed by atoms with van der Waals surface area (Å²) in [6.07, 6.45) is 20.0. The number of allylic oxidation sites excluding steroid dienone is 3. The van der Waals surface area contributed by atoms with Gasteiger partial charge in [0.2, 0.25) is 0 Å². The van der Waals surface area contributed by atoms with Crippen LogP contribution in [0.1, 0.15) is 133 Å². The average Bonchev–Trinajstić information content (AvgIpc) is 3.24. The van der Waals surface area contributed by atoms with Crippen LogP contribution in [0.3, 0.4) is 0 Å². The maximum Gasteiger partial charge on any atom is 0.106 e. The SMILES string of the molecule is C=C(C)OC1CCC2(C)C(=CCC3C2CC[C@]2(C)C(C(C)CCCC(C)C)CCC32)C1.C=CC.C=O.CC. The number of carbonyl (C=O) groups is 1. The van der Waals surface area contributed by atoms with Gasteiger partial charge in [-0.25, -0.2) is 0 Å². The monoisotopic (exact) mass is 528 g/mol. The van der Waals surface area contributed by atoms with E-state index in [0.29, 0.717) is 16.9 Å². The largest absolute Gasteiger partial charge is 0.495 e. The third-order valence-corrected chi connectivity index (χ3v) is 10.6. The van der Waals surface area contributed by atoms with Crippen LogP contribution in [0.25, 0.3) is 0 Å². The fourth-order valence-electron chi connectivity index (χ4n) is 9.04. The van der Waals surface area contributed by atoms with Crippen molar-refractivity contribution in [3.8, 4) is 0 Å². The highest BCUT2D eigenvalue weighted by molar-refractivity contribution is 5.25. The molecule has 0 aliphatic heterocycles. The Labute approximate surface area is 238 Å². The summed E-state index contributed by atoms with van der Waals surface area (Å²) in [5, 5.41) is 0. The van der Waals surface area contributed by atoms with Gasteiger partial charge in [-0.1, -0.05) is 92.0 Å². The average molecular weight is 529 g/mol. The predicted octanol–water partition coefficient (Wildman–Crippen LogP) is 11.0. The molecule has 0 heterocycles. The molecule has 0 aromatic heterocycles. The molecule has 3 saturated carbocycles. The van der Waals surface area contributed by atoms with Crippen molar-refractivity contribution >= 4 is 6.79 Å². The predicted molar refractivity (Wildman–Crippen MR) is 167 cm³/mol. The highest BCUT2D eigenvalue weighted by Gasteiger charge is 2.59. The van der Waals surface area contributed by atoms with Crippen molar-refractivity contribution < 1.29 is 9.53 Å². The van der Waals surface area contributed by atoms with Crippen LogP contribution in [0, 0.1) is 46.3 Å². The second-order valence-corrected chi connectivity index (χ2v) is 13.4. The molecule has 0 radical (unpaired) electrons. The van der Waals surface area contributed by atoms with Gasteiger partial charge in [-0.2, -0.15) is 0 Å². The smallest absolute Gasteiger partial charge is 0.106 e. The summed E-state index contributed by atoms with van der Waals surface area (Å²) < 4.78 is 6.06. The van der Waals surface area contributed by atoms with Gasteiger partial charge in [0.1, 0.15) is 12.9 Å². The minimum Gasteiger partial charge on any atom is -0.495 e. The van der Waals surface area contributed by atoms with Gasteiger partial charge in [0, 0.05) is 6.42 Å². The normalized spacial score (nSPS) is 35.6. The molecular weight excluding hydrogens is 464 g/mol. The first kappa shape index (κ1) is 34.7. The Morgan fingerprint density at radius 2 is 1.68 bits per heavy atom. The van der Waals surface area contributed by atoms with Crippen LogP contribution in [0.4, 0.5) is 0 Å². The molecule has 0 spiro atoms. The Kier molecular flexibility index (Phi) is 14.7. The molecule has 220 valence electrons. The number of hydrogen-bond acceptors (Lipinski definition) is 2. The van der Waals surface area contributed by atoms with Crippen LogP contribution in [0.15, 0.2) is 36.6 Å². The van der Waals surface area contributed by atoms with Crippen molar-refractivity contribution in [2.45, 2.75) is 139 Å². The van der Waals surface area contributed by atoms with Crippen LogP contribution in [0.5, 0.6) is 0 Å². The molecule has 8 atom stereocenters. The van der Waals surface area contributed by atoms with Crippen LogP contribution in [0.2, 0.25) is 0 Å². The van der Waals surface area contributed by atoms with E-state index in [9.17, 15) is 0 Å². The van der Waals surface area contributed by atoms with Crippen LogP contribution >= 0.6 is 0 Å². The van der Waals surface area contributed by atoms with E-state index < -0.39 is 0 Å². The lowest BCUT2D eigenvalue weighted by Crippen LogP contribution is -2.51. The quantitative estimate of drug-likeness (QED) is 0.242. The topological polar surface area (TPSA) is 26.3 Å². The van der Waals surface area contributed by atoms with E-state index in [1.54, 1.807) is 11.6 Å². The standard InChI is InChI=1S/C30H50O.C3H6.C2H6.CH2O/c1-20(2)9-8-10-22(5)26-13-14-27-25-12-11-23-19-24(31-21(3)4)15-17-29(23,6)28(25)16-18-30(26,27)7;1-3-2;2*1-2/h11,20,22,24-28H,3,8-10,12-19H2,1-2,4-7H3;3H,1H2,2H3;1-2H3;1H2/t22?,24?,25?,26?,27?,28?,29?,30-;;;/m1.../s1. The molecule has 2 nitrogen and oxygen atoms in total. The lowest BCUT2D eigenvalue weighted by molar-refractivity contribution is -0.0980. The zero-order chi connectivity index (χ0) is 29.1. The van der Waals surface area contributed by atoms with E-state index in [2.05, 4.69) is 53.9 Å². The molecule has 4 rings (SSSR count). The molecule has 4 aliphatic carbocycles. The van der Waals surface area contributed by atoms with Gasteiger partial charge in [-0.3, -0.25) is 0 Å². The Morgan fingerprint density at radius 3 is 2.26 bits per heavy atom. The summed E-state index contributed by atoms with van der Waals surface area (Å²) >= 11 is 0. The number of carbonyl (C=O) groups excluding carboxylic acids is 1. The minimum atomic E-state index is 0.366. The van der Waals surface area contributed by atoms with Gasteiger partial charge in [-0.15, -0.1) is 6.58 Å². The maximum atomic E-state index is 8.00. The summed E-state index contributed by atoms with van der Waals surface area (Å²) in [4.78, 5) is 8.00. The van der Waals surface area contributed by atoms with Crippen molar-refractivity contribution in [2.24, 2.45) is 46.3 Å². The molecular formula is C36H64O2. The van der Waals surface area contributed by atoms with E-state index >= 15 is 0 Å². The Hall–Kier alpha value is -1.31. The van der Waals surface area contributed by atoms with Crippen molar-refractivity contribution in [1.82, 2.24) is 0 Å². The number of hydrogen-bond donors (Lipinski definition) is 0. The zero-order valence-corrected chi connectivity index (χ0v) is 26.9. The summed E-state index contributed by atoms with van der Waals surface area (Å²) in [5.74, 6) is 6.41. The maximum absolute atomic E-state index is 8.00. The van der Waals surface area contributed by atoms with Gasteiger partial charge < -0.3 is 9.53 Å². The van der Waals surface area contributed by atoms with Crippen molar-refractivity contribution in [2.75, 3.05) is 0 Å². The van der Waals surface area contributed by atoms with E-state index in [1.165, 1.54) is 64.2 Å². The molecule has 0 N–H and O–H groups in total. The minimum absolute atomic E-state index is 0.366. The van der Waals surface area contributed by atoms with E-state index in [4.69, 9.17) is 9.53 Å². The summed E-state index contributed by atoms with van der Waals surface area (Å²) in [7, 11) is 0. The first-order chi connectivity index (χ1) is 18.1. The van der Waals surface area contributed by atoms with E-state index in [-0.39, 0.29) is 0 Å². The van der Waals surface area contributed by atoms with Crippen LogP contribution in [-0.4, -0.2) is 12.9 Å². The summed E-state index contributed by atoms with van der Waals surface area (Å²) in [6, 6.07) is 0. The van der Waals surface area contributed by atoms with Gasteiger partial charge in [0.25, 0.3) is 0 Å². The third-order valence-electron chi connectivity index (χ3n) is 10.6. The van der Waals surface area contributed by atoms with Gasteiger partial charge >= 0.3 is 0 Å². The molecule has 3 fully saturated rings. The zero-order valence-electron chi connectivity index (χ0n) is 26.9. The number of ether oxygens (including phenoxy) is 1. The summed E-state index contributed by atoms with van der Waals surface area (Å²) in [6.45, 7) is 29.9. The molecule has 0 saturated heterocycles. The van der Waals surface area contributed by atoms with Gasteiger partial charge in [-0.05, 0) is 105 Å². The molecule has 0 aromatic rings. The molecule has 2 heteroatoms. The van der Waals surface area contributed by atoms with Gasteiger partial charge in [0.15, 0.2) is 0 Å². The van der Waals surface area contributed by atoms with Gasteiger partial charge in [0.05, 0.1) is 5.76 Å². The van der Waals surface area contributed by atoms with Crippen molar-refractivity contribution in [3.63, 3.8) is 0 Å². The fraction of sp³-hybridized carbons (Fsp3) is 0.806. The Morgan fingerprint density at radius 1 is 1.05 bits per heavy atom. The second kappa shape index (κ2) is 16.1.